The molecule has 0 fully saturated rings. The van der Waals surface area contributed by atoms with Gasteiger partial charge in [0.05, 0.1) is 11.8 Å². The number of carboxylic acids is 1. The molecule has 0 bridgehead atoms. The highest BCUT2D eigenvalue weighted by molar-refractivity contribution is 7.90. The average molecular weight is 441 g/mol. The van der Waals surface area contributed by atoms with Crippen molar-refractivity contribution in [1.29, 1.82) is 0 Å². The first kappa shape index (κ1) is 23.7. The van der Waals surface area contributed by atoms with Gasteiger partial charge in [-0.1, -0.05) is 19.9 Å². The molecule has 0 saturated carbocycles. The van der Waals surface area contributed by atoms with E-state index in [2.05, 4.69) is 15.6 Å². The van der Waals surface area contributed by atoms with Crippen LogP contribution < -0.4 is 15.5 Å². The van der Waals surface area contributed by atoms with Crippen LogP contribution in [0.3, 0.4) is 0 Å². The van der Waals surface area contributed by atoms with Crippen molar-refractivity contribution in [1.82, 2.24) is 15.6 Å². The largest absolute Gasteiger partial charge is 0.480 e. The van der Waals surface area contributed by atoms with Crippen LogP contribution in [0.25, 0.3) is 0 Å². The third-order valence-corrected chi connectivity index (χ3v) is 5.84. The van der Waals surface area contributed by atoms with Gasteiger partial charge in [-0.15, -0.1) is 0 Å². The highest BCUT2D eigenvalue weighted by atomic mass is 32.2. The van der Waals surface area contributed by atoms with Crippen molar-refractivity contribution in [2.75, 3.05) is 23.5 Å². The van der Waals surface area contributed by atoms with Crippen molar-refractivity contribution < 1.29 is 27.9 Å². The second-order valence-electron chi connectivity index (χ2n) is 7.79. The number of nitrogens with one attached hydrogen (secondary N) is 2. The van der Waals surface area contributed by atoms with Crippen molar-refractivity contribution in [3.63, 3.8) is 0 Å². The lowest BCUT2D eigenvalue weighted by atomic mass is 10.0. The van der Waals surface area contributed by atoms with Crippen molar-refractivity contribution in [3.05, 3.63) is 23.9 Å². The molecule has 0 aliphatic carbocycles. The minimum absolute atomic E-state index is 0.0955. The van der Waals surface area contributed by atoms with Crippen LogP contribution in [0.5, 0.6) is 0 Å². The number of carbonyl (C=O) groups excluding carboxylic acids is 2. The second kappa shape index (κ2) is 9.52. The van der Waals surface area contributed by atoms with Gasteiger partial charge >= 0.3 is 5.97 Å². The molecular formula is C19H28N4O6S. The molecule has 2 amide bonds. The number of hydrogen-bond acceptors (Lipinski definition) is 7. The van der Waals surface area contributed by atoms with Gasteiger partial charge in [0, 0.05) is 25.4 Å². The van der Waals surface area contributed by atoms with Gasteiger partial charge in [0.25, 0.3) is 5.91 Å². The van der Waals surface area contributed by atoms with Gasteiger partial charge in [-0.2, -0.15) is 0 Å². The van der Waals surface area contributed by atoms with E-state index >= 15 is 0 Å². The SMILES string of the molecule is CC(NCCS(C)(=O)=O)C(=O)NC(C(=O)N1c2ncccc2CC1C(=O)O)C(C)C. The first-order valence-electron chi connectivity index (χ1n) is 9.63. The Morgan fingerprint density at radius 3 is 2.53 bits per heavy atom. The van der Waals surface area contributed by atoms with Gasteiger partial charge in [0.15, 0.2) is 0 Å². The third-order valence-electron chi connectivity index (χ3n) is 4.89. The predicted octanol–water partition coefficient (Wildman–Crippen LogP) is -0.413. The molecule has 10 nitrogen and oxygen atoms in total. The van der Waals surface area contributed by atoms with E-state index in [0.29, 0.717) is 5.56 Å². The molecule has 11 heteroatoms. The number of rotatable bonds is 9. The minimum Gasteiger partial charge on any atom is -0.480 e. The maximum absolute atomic E-state index is 13.3. The van der Waals surface area contributed by atoms with Crippen molar-refractivity contribution in [3.8, 4) is 0 Å². The van der Waals surface area contributed by atoms with Crippen LogP contribution in [0.2, 0.25) is 0 Å². The second-order valence-corrected chi connectivity index (χ2v) is 10.0. The zero-order valence-electron chi connectivity index (χ0n) is 17.5. The number of fused-ring (bicyclic) bond motifs is 1. The van der Waals surface area contributed by atoms with Gasteiger partial charge in [-0.3, -0.25) is 14.5 Å². The molecule has 0 spiro atoms. The summed E-state index contributed by atoms with van der Waals surface area (Å²) in [5.74, 6) is -2.32. The van der Waals surface area contributed by atoms with E-state index in [-0.39, 0.29) is 30.5 Å². The van der Waals surface area contributed by atoms with Crippen LogP contribution in [-0.4, -0.2) is 73.0 Å². The highest BCUT2D eigenvalue weighted by Gasteiger charge is 2.43. The van der Waals surface area contributed by atoms with Gasteiger partial charge in [-0.25, -0.2) is 18.2 Å². The maximum Gasteiger partial charge on any atom is 0.327 e. The monoisotopic (exact) mass is 440 g/mol. The zero-order valence-corrected chi connectivity index (χ0v) is 18.3. The van der Waals surface area contributed by atoms with E-state index in [1.165, 1.54) is 6.20 Å². The summed E-state index contributed by atoms with van der Waals surface area (Å²) >= 11 is 0. The molecule has 0 saturated heterocycles. The molecule has 30 heavy (non-hydrogen) atoms. The van der Waals surface area contributed by atoms with E-state index in [9.17, 15) is 27.9 Å². The van der Waals surface area contributed by atoms with Crippen molar-refractivity contribution >= 4 is 33.4 Å². The Hall–Kier alpha value is -2.53. The van der Waals surface area contributed by atoms with E-state index in [1.807, 2.05) is 0 Å². The standard InChI is InChI=1S/C19H28N4O6S/c1-11(2)15(22-17(24)12(3)20-8-9-30(4,28)29)18(25)23-14(19(26)27)10-13-6-5-7-21-16(13)23/h5-7,11-12,14-15,20H,8-10H2,1-4H3,(H,22,24)(H,26,27). The lowest BCUT2D eigenvalue weighted by Crippen LogP contribution is -2.57. The van der Waals surface area contributed by atoms with Crippen LogP contribution in [0.1, 0.15) is 26.3 Å². The predicted molar refractivity (Wildman–Crippen MR) is 111 cm³/mol. The fourth-order valence-corrected chi connectivity index (χ4v) is 3.69. The average Bonchev–Trinajstić information content (AvgIpc) is 3.03. The van der Waals surface area contributed by atoms with E-state index in [1.54, 1.807) is 32.9 Å². The summed E-state index contributed by atoms with van der Waals surface area (Å²) in [6, 6.07) is 0.608. The summed E-state index contributed by atoms with van der Waals surface area (Å²) in [5.41, 5.74) is 0.655. The quantitative estimate of drug-likeness (QED) is 0.470. The normalized spacial score (nSPS) is 18.0. The molecule has 1 aromatic heterocycles. The van der Waals surface area contributed by atoms with Crippen LogP contribution in [0.15, 0.2) is 18.3 Å². The Kier molecular flexibility index (Phi) is 7.54. The van der Waals surface area contributed by atoms with Gasteiger partial charge < -0.3 is 15.7 Å². The van der Waals surface area contributed by atoms with E-state index in [4.69, 9.17) is 0 Å². The molecule has 1 aliphatic rings. The van der Waals surface area contributed by atoms with Crippen LogP contribution in [-0.2, 0) is 30.6 Å². The zero-order chi connectivity index (χ0) is 22.6. The van der Waals surface area contributed by atoms with Crippen LogP contribution >= 0.6 is 0 Å². The third kappa shape index (κ3) is 5.76. The van der Waals surface area contributed by atoms with Gasteiger partial charge in [-0.05, 0) is 24.5 Å². The summed E-state index contributed by atoms with van der Waals surface area (Å²) in [7, 11) is -3.17. The Labute approximate surface area is 176 Å². The molecule has 1 aromatic rings. The number of aromatic nitrogens is 1. The van der Waals surface area contributed by atoms with E-state index < -0.39 is 45.7 Å². The molecule has 0 aromatic carbocycles. The molecule has 2 rings (SSSR count). The van der Waals surface area contributed by atoms with E-state index in [0.717, 1.165) is 11.2 Å². The number of carboxylic acid groups (broad SMARTS) is 1. The summed E-state index contributed by atoms with van der Waals surface area (Å²) in [6.45, 7) is 5.15. The highest BCUT2D eigenvalue weighted by Crippen LogP contribution is 2.31. The molecule has 3 atom stereocenters. The number of pyridine rings is 1. The first-order chi connectivity index (χ1) is 13.9. The lowest BCUT2D eigenvalue weighted by Gasteiger charge is -2.30. The van der Waals surface area contributed by atoms with Crippen molar-refractivity contribution in [2.24, 2.45) is 5.92 Å². The van der Waals surface area contributed by atoms with Crippen molar-refractivity contribution in [2.45, 2.75) is 45.3 Å². The lowest BCUT2D eigenvalue weighted by molar-refractivity contribution is -0.140. The number of hydrogen-bond donors (Lipinski definition) is 3. The maximum atomic E-state index is 13.3. The molecule has 0 radical (unpaired) electrons. The number of sulfone groups is 1. The Morgan fingerprint density at radius 1 is 1.30 bits per heavy atom. The number of aliphatic carboxylic acids is 1. The summed E-state index contributed by atoms with van der Waals surface area (Å²) in [4.78, 5) is 42.9. The number of carbonyl (C=O) groups is 3. The molecule has 166 valence electrons. The Bertz CT molecular complexity index is 917. The Morgan fingerprint density at radius 2 is 1.97 bits per heavy atom. The molecule has 2 heterocycles. The molecule has 3 unspecified atom stereocenters. The fourth-order valence-electron chi connectivity index (χ4n) is 3.20. The topological polar surface area (TPSA) is 146 Å². The first-order valence-corrected chi connectivity index (χ1v) is 11.7. The summed E-state index contributed by atoms with van der Waals surface area (Å²) < 4.78 is 22.5. The molecule has 1 aliphatic heterocycles. The minimum atomic E-state index is -3.17. The summed E-state index contributed by atoms with van der Waals surface area (Å²) in [5, 5.41) is 15.1. The summed E-state index contributed by atoms with van der Waals surface area (Å²) in [6.07, 6.45) is 2.74. The smallest absolute Gasteiger partial charge is 0.327 e. The Balaban J connectivity index is 2.16. The number of nitrogens with zero attached hydrogens (tertiary/aromatic N) is 2. The van der Waals surface area contributed by atoms with Crippen LogP contribution in [0.4, 0.5) is 5.82 Å². The van der Waals surface area contributed by atoms with Crippen LogP contribution in [0, 0.1) is 5.92 Å². The fraction of sp³-hybridized carbons (Fsp3) is 0.579. The molecule has 3 N–H and O–H groups in total. The number of anilines is 1. The number of amides is 2. The molecular weight excluding hydrogens is 412 g/mol. The van der Waals surface area contributed by atoms with Gasteiger partial charge in [0.2, 0.25) is 5.91 Å². The van der Waals surface area contributed by atoms with Gasteiger partial charge in [0.1, 0.15) is 27.7 Å².